The molecule has 14 aromatic rings. The standard InChI is InChI=1S/C62H38N2/c1-2-17-46(18-3-1)64-56-24-7-6-19-54(56)62-50(20-11-25-57(62)64)40-31-33-47(34-32-40)63(48-35-30-39-12-4-5-13-44(39)36-48)49-37-45-29-28-43-15-9-22-52-51-21-8-14-41-26-27-42-16-10-23-53(60(42)58(41)51)55(38-49)61(45)59(43)52/h1-38H. The van der Waals surface area contributed by atoms with Gasteiger partial charge in [-0.05, 0) is 147 Å². The molecule has 2 nitrogen and oxygen atoms in total. The van der Waals surface area contributed by atoms with E-state index >= 15 is 0 Å². The van der Waals surface area contributed by atoms with E-state index in [0.29, 0.717) is 0 Å². The molecule has 14 rings (SSSR count). The van der Waals surface area contributed by atoms with Crippen molar-refractivity contribution in [3.05, 3.63) is 231 Å². The lowest BCUT2D eigenvalue weighted by molar-refractivity contribution is 1.18. The summed E-state index contributed by atoms with van der Waals surface area (Å²) in [5, 5.41) is 20.3. The molecule has 0 aliphatic heterocycles. The van der Waals surface area contributed by atoms with E-state index in [1.54, 1.807) is 0 Å². The van der Waals surface area contributed by atoms with Crippen molar-refractivity contribution in [1.82, 2.24) is 4.57 Å². The Morgan fingerprint density at radius 2 is 0.766 bits per heavy atom. The van der Waals surface area contributed by atoms with Gasteiger partial charge in [0.15, 0.2) is 0 Å². The molecule has 0 unspecified atom stereocenters. The number of benzene rings is 12. The Hall–Kier alpha value is -8.46. The van der Waals surface area contributed by atoms with Crippen LogP contribution in [0.3, 0.4) is 0 Å². The number of para-hydroxylation sites is 2. The Kier molecular flexibility index (Phi) is 7.43. The van der Waals surface area contributed by atoms with Gasteiger partial charge in [0, 0.05) is 33.5 Å². The van der Waals surface area contributed by atoms with Crippen LogP contribution in [0.1, 0.15) is 0 Å². The number of hydrogen-bond donors (Lipinski definition) is 0. The molecule has 0 radical (unpaired) electrons. The van der Waals surface area contributed by atoms with Crippen LogP contribution in [-0.4, -0.2) is 4.57 Å². The van der Waals surface area contributed by atoms with Crippen LogP contribution in [0.5, 0.6) is 0 Å². The maximum absolute atomic E-state index is 2.46. The van der Waals surface area contributed by atoms with Crippen molar-refractivity contribution in [3.8, 4) is 16.8 Å². The zero-order chi connectivity index (χ0) is 41.9. The second kappa shape index (κ2) is 13.5. The molecule has 2 heteroatoms. The Morgan fingerprint density at radius 3 is 1.48 bits per heavy atom. The first-order chi connectivity index (χ1) is 31.7. The quantitative estimate of drug-likeness (QED) is 0.157. The van der Waals surface area contributed by atoms with Crippen LogP contribution in [0.2, 0.25) is 0 Å². The molecule has 0 atom stereocenters. The second-order valence-electron chi connectivity index (χ2n) is 17.2. The fraction of sp³-hybridized carbons (Fsp3) is 0. The number of rotatable bonds is 5. The summed E-state index contributed by atoms with van der Waals surface area (Å²) in [6.45, 7) is 0. The highest BCUT2D eigenvalue weighted by Crippen LogP contribution is 2.47. The Bertz CT molecular complexity index is 4170. The highest BCUT2D eigenvalue weighted by molar-refractivity contribution is 6.37. The maximum Gasteiger partial charge on any atom is 0.0547 e. The van der Waals surface area contributed by atoms with Gasteiger partial charge in [0.25, 0.3) is 0 Å². The SMILES string of the molecule is c1ccc(-n2c3ccccc3c3c(-c4ccc(N(c5ccc6ccccc6c5)c5cc6ccc7cccc8c9cccc%10ccc%11cccc(c(c5)c6c78)c%11c%109)cc4)cccc32)cc1. The van der Waals surface area contributed by atoms with E-state index in [2.05, 4.69) is 240 Å². The molecule has 0 aliphatic rings. The monoisotopic (exact) mass is 810 g/mol. The van der Waals surface area contributed by atoms with E-state index in [1.807, 2.05) is 0 Å². The highest BCUT2D eigenvalue weighted by atomic mass is 15.1. The Labute approximate surface area is 369 Å². The van der Waals surface area contributed by atoms with Gasteiger partial charge in [0.2, 0.25) is 0 Å². The van der Waals surface area contributed by atoms with Crippen LogP contribution >= 0.6 is 0 Å². The molecule has 0 amide bonds. The summed E-state index contributed by atoms with van der Waals surface area (Å²) in [6, 6.07) is 85.6. The van der Waals surface area contributed by atoms with Crippen LogP contribution in [0.15, 0.2) is 231 Å². The third kappa shape index (κ3) is 5.08. The zero-order valence-corrected chi connectivity index (χ0v) is 34.8. The molecule has 1 aromatic heterocycles. The van der Waals surface area contributed by atoms with Crippen LogP contribution in [0.25, 0.3) is 114 Å². The van der Waals surface area contributed by atoms with Gasteiger partial charge < -0.3 is 9.47 Å². The Morgan fingerprint density at radius 1 is 0.266 bits per heavy atom. The van der Waals surface area contributed by atoms with E-state index in [-0.39, 0.29) is 0 Å². The fourth-order valence-corrected chi connectivity index (χ4v) is 11.1. The van der Waals surface area contributed by atoms with Gasteiger partial charge in [0.05, 0.1) is 11.0 Å². The van der Waals surface area contributed by atoms with Crippen molar-refractivity contribution in [2.45, 2.75) is 0 Å². The van der Waals surface area contributed by atoms with Gasteiger partial charge >= 0.3 is 0 Å². The maximum atomic E-state index is 2.46. The van der Waals surface area contributed by atoms with Gasteiger partial charge in [-0.3, -0.25) is 0 Å². The number of nitrogens with zero attached hydrogens (tertiary/aromatic N) is 2. The third-order valence-electron chi connectivity index (χ3n) is 13.8. The predicted molar refractivity (Wildman–Crippen MR) is 275 cm³/mol. The molecular weight excluding hydrogens is 773 g/mol. The van der Waals surface area contributed by atoms with Crippen molar-refractivity contribution in [1.29, 1.82) is 0 Å². The summed E-state index contributed by atoms with van der Waals surface area (Å²) in [5.41, 5.74) is 9.31. The van der Waals surface area contributed by atoms with Crippen LogP contribution < -0.4 is 4.90 Å². The summed E-state index contributed by atoms with van der Waals surface area (Å²) in [4.78, 5) is 2.46. The lowest BCUT2D eigenvalue weighted by Gasteiger charge is -2.27. The lowest BCUT2D eigenvalue weighted by atomic mass is 9.87. The third-order valence-corrected chi connectivity index (χ3v) is 13.8. The molecule has 1 heterocycles. The first-order valence-electron chi connectivity index (χ1n) is 22.2. The summed E-state index contributed by atoms with van der Waals surface area (Å²) in [7, 11) is 0. The minimum atomic E-state index is 1.10. The first-order valence-corrected chi connectivity index (χ1v) is 22.2. The van der Waals surface area contributed by atoms with Crippen LogP contribution in [-0.2, 0) is 0 Å². The minimum Gasteiger partial charge on any atom is -0.310 e. The molecule has 64 heavy (non-hydrogen) atoms. The van der Waals surface area contributed by atoms with E-state index < -0.39 is 0 Å². The number of hydrogen-bond acceptors (Lipinski definition) is 1. The molecule has 0 aliphatic carbocycles. The summed E-state index contributed by atoms with van der Waals surface area (Å²) in [5.74, 6) is 0. The molecular formula is C62H38N2. The molecule has 13 aromatic carbocycles. The average Bonchev–Trinajstić information content (AvgIpc) is 3.70. The molecule has 0 N–H and O–H groups in total. The second-order valence-corrected chi connectivity index (χ2v) is 17.2. The van der Waals surface area contributed by atoms with E-state index in [0.717, 1.165) is 22.7 Å². The normalized spacial score (nSPS) is 12.1. The van der Waals surface area contributed by atoms with Gasteiger partial charge in [-0.1, -0.05) is 170 Å². The summed E-state index contributed by atoms with van der Waals surface area (Å²) >= 11 is 0. The lowest BCUT2D eigenvalue weighted by Crippen LogP contribution is -2.10. The molecule has 296 valence electrons. The Balaban J connectivity index is 1.03. The van der Waals surface area contributed by atoms with Crippen molar-refractivity contribution >= 4 is 114 Å². The average molecular weight is 811 g/mol. The molecule has 0 saturated heterocycles. The highest BCUT2D eigenvalue weighted by Gasteiger charge is 2.21. The zero-order valence-electron chi connectivity index (χ0n) is 34.8. The van der Waals surface area contributed by atoms with E-state index in [4.69, 9.17) is 0 Å². The molecule has 0 bridgehead atoms. The van der Waals surface area contributed by atoms with Gasteiger partial charge in [-0.25, -0.2) is 0 Å². The van der Waals surface area contributed by atoms with Gasteiger partial charge in [0.1, 0.15) is 0 Å². The van der Waals surface area contributed by atoms with Crippen molar-refractivity contribution in [2.24, 2.45) is 0 Å². The van der Waals surface area contributed by atoms with Crippen LogP contribution in [0.4, 0.5) is 17.1 Å². The molecule has 0 spiro atoms. The molecule has 0 saturated carbocycles. The van der Waals surface area contributed by atoms with Crippen molar-refractivity contribution in [3.63, 3.8) is 0 Å². The summed E-state index contributed by atoms with van der Waals surface area (Å²) < 4.78 is 2.39. The van der Waals surface area contributed by atoms with Crippen molar-refractivity contribution < 1.29 is 0 Å². The number of aromatic nitrogens is 1. The van der Waals surface area contributed by atoms with Crippen molar-refractivity contribution in [2.75, 3.05) is 4.90 Å². The number of anilines is 3. The summed E-state index contributed by atoms with van der Waals surface area (Å²) in [6.07, 6.45) is 0. The number of fused-ring (bicyclic) bond motifs is 6. The van der Waals surface area contributed by atoms with E-state index in [9.17, 15) is 0 Å². The van der Waals surface area contributed by atoms with Gasteiger partial charge in [-0.2, -0.15) is 0 Å². The molecule has 0 fully saturated rings. The predicted octanol–water partition coefficient (Wildman–Crippen LogP) is 17.4. The topological polar surface area (TPSA) is 8.17 Å². The van der Waals surface area contributed by atoms with E-state index in [1.165, 1.54) is 108 Å². The smallest absolute Gasteiger partial charge is 0.0547 e. The van der Waals surface area contributed by atoms with Gasteiger partial charge in [-0.15, -0.1) is 0 Å². The first kappa shape index (κ1) is 35.2. The minimum absolute atomic E-state index is 1.10. The van der Waals surface area contributed by atoms with Crippen LogP contribution in [0, 0.1) is 0 Å². The largest absolute Gasteiger partial charge is 0.310 e. The fourth-order valence-electron chi connectivity index (χ4n) is 11.1.